The van der Waals surface area contributed by atoms with Crippen molar-refractivity contribution in [3.8, 4) is 33.6 Å². The summed E-state index contributed by atoms with van der Waals surface area (Å²) in [4.78, 5) is 0. The fourth-order valence-electron chi connectivity index (χ4n) is 8.54. The van der Waals surface area contributed by atoms with Crippen LogP contribution in [0.3, 0.4) is 0 Å². The lowest BCUT2D eigenvalue weighted by Gasteiger charge is -2.13. The van der Waals surface area contributed by atoms with Crippen molar-refractivity contribution in [2.45, 2.75) is 0 Å². The third-order valence-corrected chi connectivity index (χ3v) is 10.9. The van der Waals surface area contributed by atoms with Gasteiger partial charge >= 0.3 is 0 Å². The van der Waals surface area contributed by atoms with Crippen molar-refractivity contribution < 1.29 is 0 Å². The van der Waals surface area contributed by atoms with Gasteiger partial charge in [0.2, 0.25) is 0 Å². The van der Waals surface area contributed by atoms with E-state index in [0.29, 0.717) is 0 Å². The van der Waals surface area contributed by atoms with Crippen molar-refractivity contribution in [1.82, 2.24) is 9.13 Å². The van der Waals surface area contributed by atoms with Crippen molar-refractivity contribution in [2.24, 2.45) is 0 Å². The summed E-state index contributed by atoms with van der Waals surface area (Å²) in [5, 5.41) is 10.1. The number of hydrogen-bond donors (Lipinski definition) is 0. The van der Waals surface area contributed by atoms with Gasteiger partial charge in [0.05, 0.1) is 22.1 Å². The van der Waals surface area contributed by atoms with Gasteiger partial charge in [-0.2, -0.15) is 0 Å². The number of aromatic nitrogens is 2. The van der Waals surface area contributed by atoms with E-state index in [-0.39, 0.29) is 0 Å². The molecule has 11 aromatic rings. The predicted octanol–water partition coefficient (Wildman–Crippen LogP) is 13.5. The molecule has 0 amide bonds. The van der Waals surface area contributed by atoms with Crippen LogP contribution in [0.5, 0.6) is 0 Å². The molecule has 2 aromatic heterocycles. The highest BCUT2D eigenvalue weighted by atomic mass is 15.0. The van der Waals surface area contributed by atoms with Crippen LogP contribution in [0, 0.1) is 0 Å². The van der Waals surface area contributed by atoms with Crippen molar-refractivity contribution in [1.29, 1.82) is 0 Å². The van der Waals surface area contributed by atoms with E-state index in [1.165, 1.54) is 93.1 Å². The summed E-state index contributed by atoms with van der Waals surface area (Å²) < 4.78 is 4.92. The fourth-order valence-corrected chi connectivity index (χ4v) is 8.54. The Morgan fingerprint density at radius 3 is 1.73 bits per heavy atom. The van der Waals surface area contributed by atoms with Crippen LogP contribution in [0.4, 0.5) is 0 Å². The lowest BCUT2D eigenvalue weighted by atomic mass is 9.98. The Balaban J connectivity index is 1.24. The number of fused-ring (bicyclic) bond motifs is 9. The largest absolute Gasteiger partial charge is 0.309 e. The number of hydrogen-bond acceptors (Lipinski definition) is 0. The van der Waals surface area contributed by atoms with Crippen LogP contribution in [0.1, 0.15) is 0 Å². The van der Waals surface area contributed by atoms with E-state index in [9.17, 15) is 0 Å². The summed E-state index contributed by atoms with van der Waals surface area (Å²) in [5.41, 5.74) is 12.0. The highest BCUT2D eigenvalue weighted by Gasteiger charge is 2.21. The molecule has 242 valence electrons. The molecule has 0 fully saturated rings. The number of rotatable bonds is 4. The van der Waals surface area contributed by atoms with Crippen molar-refractivity contribution >= 4 is 65.2 Å². The van der Waals surface area contributed by atoms with E-state index >= 15 is 0 Å². The van der Waals surface area contributed by atoms with Gasteiger partial charge in [0.15, 0.2) is 0 Å². The maximum atomic E-state index is 2.48. The van der Waals surface area contributed by atoms with Gasteiger partial charge in [0.1, 0.15) is 0 Å². The SMILES string of the molecule is c1ccc(-c2ccc3c4c5c6ccccc6n(-c6ccc7ccccc7c6)c5ccc4n(-c4cccc(-c5cccc6ccccc56)c4)c3c2)cc1. The number of nitrogens with zero attached hydrogens (tertiary/aromatic N) is 2. The fraction of sp³-hybridized carbons (Fsp3) is 0. The van der Waals surface area contributed by atoms with E-state index in [0.717, 1.165) is 5.69 Å². The first-order chi connectivity index (χ1) is 25.8. The lowest BCUT2D eigenvalue weighted by molar-refractivity contribution is 1.17. The summed E-state index contributed by atoms with van der Waals surface area (Å²) in [6.45, 7) is 0. The molecule has 0 spiro atoms. The zero-order valence-electron chi connectivity index (χ0n) is 28.4. The van der Waals surface area contributed by atoms with E-state index in [4.69, 9.17) is 0 Å². The molecule has 0 N–H and O–H groups in total. The molecule has 0 bridgehead atoms. The molecular formula is C50H32N2. The minimum atomic E-state index is 1.15. The average molecular weight is 661 g/mol. The molecule has 0 saturated carbocycles. The maximum absolute atomic E-state index is 2.48. The molecule has 0 aliphatic rings. The summed E-state index contributed by atoms with van der Waals surface area (Å²) in [6, 6.07) is 71.0. The van der Waals surface area contributed by atoms with Crippen LogP contribution >= 0.6 is 0 Å². The molecule has 11 rings (SSSR count). The van der Waals surface area contributed by atoms with Gasteiger partial charge in [-0.1, -0.05) is 146 Å². The highest BCUT2D eigenvalue weighted by molar-refractivity contribution is 6.29. The van der Waals surface area contributed by atoms with Crippen molar-refractivity contribution in [2.75, 3.05) is 0 Å². The van der Waals surface area contributed by atoms with Crippen LogP contribution in [-0.4, -0.2) is 9.13 Å². The summed E-state index contributed by atoms with van der Waals surface area (Å²) in [6.07, 6.45) is 0. The number of para-hydroxylation sites is 1. The minimum Gasteiger partial charge on any atom is -0.309 e. The maximum Gasteiger partial charge on any atom is 0.0548 e. The standard InChI is InChI=1S/C50H32N2/c1-2-12-33(13-3-1)37-25-27-44-48(32-37)52(39-19-10-18-38(31-39)42-22-11-17-35-15-6-7-20-41(35)42)47-29-28-46-49(50(44)47)43-21-8-9-23-45(43)51(46)40-26-24-34-14-4-5-16-36(34)30-40/h1-32H. The molecular weight excluding hydrogens is 629 g/mol. The molecule has 2 heteroatoms. The molecule has 2 nitrogen and oxygen atoms in total. The third-order valence-electron chi connectivity index (χ3n) is 10.9. The second kappa shape index (κ2) is 11.3. The summed E-state index contributed by atoms with van der Waals surface area (Å²) in [5.74, 6) is 0. The van der Waals surface area contributed by atoms with Crippen LogP contribution < -0.4 is 0 Å². The van der Waals surface area contributed by atoms with Crippen LogP contribution in [-0.2, 0) is 0 Å². The first-order valence-electron chi connectivity index (χ1n) is 17.9. The molecule has 0 aliphatic carbocycles. The van der Waals surface area contributed by atoms with E-state index < -0.39 is 0 Å². The van der Waals surface area contributed by atoms with E-state index in [2.05, 4.69) is 203 Å². The zero-order valence-corrected chi connectivity index (χ0v) is 28.4. The van der Waals surface area contributed by atoms with Crippen LogP contribution in [0.2, 0.25) is 0 Å². The van der Waals surface area contributed by atoms with E-state index in [1.54, 1.807) is 0 Å². The van der Waals surface area contributed by atoms with E-state index in [1.807, 2.05) is 0 Å². The van der Waals surface area contributed by atoms with Gasteiger partial charge in [0.25, 0.3) is 0 Å². The smallest absolute Gasteiger partial charge is 0.0548 e. The van der Waals surface area contributed by atoms with Crippen molar-refractivity contribution in [3.05, 3.63) is 194 Å². The Bertz CT molecular complexity index is 3170. The van der Waals surface area contributed by atoms with Gasteiger partial charge in [0, 0.05) is 32.9 Å². The average Bonchev–Trinajstić information content (AvgIpc) is 3.73. The van der Waals surface area contributed by atoms with Gasteiger partial charge in [-0.25, -0.2) is 0 Å². The first-order valence-corrected chi connectivity index (χ1v) is 17.9. The van der Waals surface area contributed by atoms with Crippen molar-refractivity contribution in [3.63, 3.8) is 0 Å². The monoisotopic (exact) mass is 660 g/mol. The Morgan fingerprint density at radius 2 is 0.885 bits per heavy atom. The molecule has 9 aromatic carbocycles. The third kappa shape index (κ3) is 4.31. The lowest BCUT2D eigenvalue weighted by Crippen LogP contribution is -1.96. The molecule has 52 heavy (non-hydrogen) atoms. The number of benzene rings is 9. The Morgan fingerprint density at radius 1 is 0.269 bits per heavy atom. The second-order valence-electron chi connectivity index (χ2n) is 13.7. The second-order valence-corrected chi connectivity index (χ2v) is 13.7. The Labute approximate surface area is 301 Å². The molecule has 0 radical (unpaired) electrons. The molecule has 0 unspecified atom stereocenters. The Kier molecular flexibility index (Phi) is 6.28. The summed E-state index contributed by atoms with van der Waals surface area (Å²) in [7, 11) is 0. The van der Waals surface area contributed by atoms with Gasteiger partial charge in [-0.05, 0) is 92.3 Å². The zero-order chi connectivity index (χ0) is 34.2. The van der Waals surface area contributed by atoms with Gasteiger partial charge in [-0.15, -0.1) is 0 Å². The molecule has 0 atom stereocenters. The first kappa shape index (κ1) is 28.9. The predicted molar refractivity (Wildman–Crippen MR) is 221 cm³/mol. The Hall–Kier alpha value is -6.90. The molecule has 2 heterocycles. The normalized spacial score (nSPS) is 11.8. The molecule has 0 aliphatic heterocycles. The molecule has 0 saturated heterocycles. The topological polar surface area (TPSA) is 9.86 Å². The van der Waals surface area contributed by atoms with Crippen LogP contribution in [0.15, 0.2) is 194 Å². The minimum absolute atomic E-state index is 1.15. The van der Waals surface area contributed by atoms with Gasteiger partial charge < -0.3 is 9.13 Å². The summed E-state index contributed by atoms with van der Waals surface area (Å²) >= 11 is 0. The van der Waals surface area contributed by atoms with Gasteiger partial charge in [-0.3, -0.25) is 0 Å². The highest BCUT2D eigenvalue weighted by Crippen LogP contribution is 2.44. The quantitative estimate of drug-likeness (QED) is 0.178. The van der Waals surface area contributed by atoms with Crippen LogP contribution in [0.25, 0.3) is 98.8 Å².